The lowest BCUT2D eigenvalue weighted by Gasteiger charge is -2.31. The molecule has 3 aromatic rings. The van der Waals surface area contributed by atoms with Crippen molar-refractivity contribution in [3.8, 4) is 0 Å². The van der Waals surface area contributed by atoms with E-state index in [1.165, 1.54) is 0 Å². The van der Waals surface area contributed by atoms with Gasteiger partial charge in [0.05, 0.1) is 33.2 Å². The smallest absolute Gasteiger partial charge is 0.407 e. The van der Waals surface area contributed by atoms with Crippen LogP contribution < -0.4 is 31.9 Å². The number of hydrogen-bond donors (Lipinski definition) is 6. The first-order valence-electron chi connectivity index (χ1n) is 28.3. The number of nitrogens with one attached hydrogen (secondary N) is 6. The van der Waals surface area contributed by atoms with Crippen molar-refractivity contribution in [1.29, 1.82) is 0 Å². The van der Waals surface area contributed by atoms with Crippen molar-refractivity contribution >= 4 is 54.5 Å². The van der Waals surface area contributed by atoms with E-state index in [2.05, 4.69) is 51.6 Å². The molecule has 482 valence electrons. The Morgan fingerprint density at radius 3 is 0.670 bits per heavy atom. The lowest BCUT2D eigenvalue weighted by Crippen LogP contribution is -2.45. The summed E-state index contributed by atoms with van der Waals surface area (Å²) in [5.74, 6) is -1.93. The number of carbonyl (C=O) groups excluding carboxylic acids is 9. The molecule has 0 radical (unpaired) electrons. The highest BCUT2D eigenvalue weighted by Crippen LogP contribution is 2.30. The molecule has 25 nitrogen and oxygen atoms in total. The van der Waals surface area contributed by atoms with Crippen molar-refractivity contribution < 1.29 is 85.8 Å². The van der Waals surface area contributed by atoms with Crippen LogP contribution in [0.15, 0.2) is 111 Å². The molecule has 88 heavy (non-hydrogen) atoms. The maximum absolute atomic E-state index is 13.4. The maximum Gasteiger partial charge on any atom is 0.407 e. The third kappa shape index (κ3) is 25.4. The number of rotatable bonds is 33. The summed E-state index contributed by atoms with van der Waals surface area (Å²) < 4.78 is 47.1. The Morgan fingerprint density at radius 2 is 0.489 bits per heavy atom. The van der Waals surface area contributed by atoms with Gasteiger partial charge in [0.2, 0.25) is 0 Å². The topological polar surface area (TPSA) is 312 Å². The van der Waals surface area contributed by atoms with E-state index in [0.29, 0.717) is 33.4 Å². The Hall–Kier alpha value is -9.13. The second-order valence-electron chi connectivity index (χ2n) is 23.0. The Morgan fingerprint density at radius 1 is 0.318 bits per heavy atom. The van der Waals surface area contributed by atoms with E-state index >= 15 is 0 Å². The zero-order chi connectivity index (χ0) is 65.9. The number of ether oxygens (including phenoxy) is 9. The molecule has 0 heterocycles. The van der Waals surface area contributed by atoms with Crippen LogP contribution in [0.1, 0.15) is 116 Å². The number of alkyl carbamates (subject to hydrolysis) is 6. The number of carbonyl (C=O) groups is 9. The number of benzene rings is 3. The minimum atomic E-state index is -0.982. The van der Waals surface area contributed by atoms with Crippen molar-refractivity contribution in [1.82, 2.24) is 36.8 Å². The molecule has 0 fully saturated rings. The summed E-state index contributed by atoms with van der Waals surface area (Å²) in [6.07, 6.45) is -1.44. The van der Waals surface area contributed by atoms with Crippen molar-refractivity contribution in [3.05, 3.63) is 144 Å². The largest absolute Gasteiger partial charge is 0.459 e. The SMILES string of the molecule is C=CC(=O)OCCOC(=O)NC(C)(C)c1cccc(C(C)(C)NC(=O)OCCN(CCOC(=O)NC(C)(C)c2cccc(C(C)(C)NC(=O)OCCOC(=O)C=C)c2)CCOC(=O)NC(C)(C)c2cccc(C(C)(C)NC(=O)OCCOC(=O)C=C)c2)c1. The standard InChI is InChI=1S/C63H87N7O18/c1-16-49(71)80-34-37-86-55(77)67-61(10,11)46-25-19-22-43(40-46)58(4,5)64-52(74)83-31-28-70(29-32-84-53(75)65-59(6,7)44-23-20-26-47(41-44)62(12,13)68-56(78)87-38-35-81-50(72)17-2)30-33-85-54(76)66-60(8,9)45-24-21-27-48(42-45)63(14,15)69-57(79)88-39-36-82-51(73)18-3/h16-27,40-42H,1-3,28-39H2,4-15H3,(H,64,74)(H,65,75)(H,66,76)(H,67,77)(H,68,78)(H,69,79). The molecule has 0 aliphatic carbocycles. The van der Waals surface area contributed by atoms with Gasteiger partial charge in [0.1, 0.15) is 59.5 Å². The van der Waals surface area contributed by atoms with Crippen LogP contribution in [0.4, 0.5) is 28.8 Å². The molecule has 0 aliphatic heterocycles. The Balaban J connectivity index is 1.70. The van der Waals surface area contributed by atoms with Crippen LogP contribution in [-0.2, 0) is 90.2 Å². The van der Waals surface area contributed by atoms with Crippen molar-refractivity contribution in [2.75, 3.05) is 79.1 Å². The third-order valence-electron chi connectivity index (χ3n) is 13.5. The first-order valence-corrected chi connectivity index (χ1v) is 28.3. The molecule has 6 amide bonds. The summed E-state index contributed by atoms with van der Waals surface area (Å²) in [7, 11) is 0. The molecular formula is C63H87N7O18. The normalized spacial score (nSPS) is 11.7. The van der Waals surface area contributed by atoms with Gasteiger partial charge in [-0.2, -0.15) is 0 Å². The Kier molecular flexibility index (Phi) is 28.0. The molecule has 3 rings (SSSR count). The molecule has 0 saturated carbocycles. The van der Waals surface area contributed by atoms with E-state index in [1.54, 1.807) is 106 Å². The van der Waals surface area contributed by atoms with Crippen LogP contribution in [0.25, 0.3) is 0 Å². The molecule has 3 aromatic carbocycles. The molecule has 0 atom stereocenters. The highest BCUT2D eigenvalue weighted by Gasteiger charge is 2.32. The van der Waals surface area contributed by atoms with Gasteiger partial charge in [-0.05, 0) is 116 Å². The lowest BCUT2D eigenvalue weighted by molar-refractivity contribution is -0.139. The summed E-state index contributed by atoms with van der Waals surface area (Å²) in [5.41, 5.74) is -1.62. The van der Waals surface area contributed by atoms with E-state index < -0.39 is 87.7 Å². The fourth-order valence-electron chi connectivity index (χ4n) is 8.21. The van der Waals surface area contributed by atoms with Crippen LogP contribution in [-0.4, -0.2) is 138 Å². The van der Waals surface area contributed by atoms with Crippen LogP contribution in [0, 0.1) is 0 Å². The summed E-state index contributed by atoms with van der Waals surface area (Å²) in [5, 5.41) is 17.1. The maximum atomic E-state index is 13.4. The van der Waals surface area contributed by atoms with Crippen LogP contribution in [0.2, 0.25) is 0 Å². The monoisotopic (exact) mass is 1230 g/mol. The van der Waals surface area contributed by atoms with E-state index in [4.69, 9.17) is 42.6 Å². The Labute approximate surface area is 514 Å². The van der Waals surface area contributed by atoms with E-state index in [1.807, 2.05) is 54.6 Å². The Bertz CT molecular complexity index is 2630. The summed E-state index contributed by atoms with van der Waals surface area (Å²) in [6.45, 7) is 30.3. The summed E-state index contributed by atoms with van der Waals surface area (Å²) >= 11 is 0. The third-order valence-corrected chi connectivity index (χ3v) is 13.5. The molecule has 0 aromatic heterocycles. The van der Waals surface area contributed by atoms with Crippen molar-refractivity contribution in [2.45, 2.75) is 116 Å². The minimum Gasteiger partial charge on any atom is -0.459 e. The highest BCUT2D eigenvalue weighted by atomic mass is 16.6. The average molecular weight is 1230 g/mol. The van der Waals surface area contributed by atoms with Gasteiger partial charge in [0.25, 0.3) is 0 Å². The summed E-state index contributed by atoms with van der Waals surface area (Å²) in [6, 6.07) is 21.7. The van der Waals surface area contributed by atoms with Crippen LogP contribution in [0.3, 0.4) is 0 Å². The van der Waals surface area contributed by atoms with Gasteiger partial charge in [-0.1, -0.05) is 92.5 Å². The van der Waals surface area contributed by atoms with E-state index in [9.17, 15) is 43.2 Å². The summed E-state index contributed by atoms with van der Waals surface area (Å²) in [4.78, 5) is 114. The van der Waals surface area contributed by atoms with Gasteiger partial charge in [0, 0.05) is 37.9 Å². The fourth-order valence-corrected chi connectivity index (χ4v) is 8.21. The number of nitrogens with zero attached hydrogens (tertiary/aromatic N) is 1. The second kappa shape index (κ2) is 33.7. The molecular weight excluding hydrogens is 1140 g/mol. The minimum absolute atomic E-state index is 0.114. The molecule has 6 N–H and O–H groups in total. The highest BCUT2D eigenvalue weighted by molar-refractivity contribution is 5.82. The molecule has 0 bridgehead atoms. The van der Waals surface area contributed by atoms with Crippen LogP contribution in [0.5, 0.6) is 0 Å². The predicted octanol–water partition coefficient (Wildman–Crippen LogP) is 8.34. The number of hydrogen-bond acceptors (Lipinski definition) is 19. The zero-order valence-corrected chi connectivity index (χ0v) is 52.6. The van der Waals surface area contributed by atoms with Crippen LogP contribution >= 0.6 is 0 Å². The quantitative estimate of drug-likeness (QED) is 0.0144. The second-order valence-corrected chi connectivity index (χ2v) is 23.0. The molecule has 0 spiro atoms. The van der Waals surface area contributed by atoms with Gasteiger partial charge >= 0.3 is 54.5 Å². The molecule has 0 aliphatic rings. The van der Waals surface area contributed by atoms with Gasteiger partial charge in [0.15, 0.2) is 0 Å². The molecule has 25 heteroatoms. The first kappa shape index (κ1) is 73.1. The number of esters is 3. The fraction of sp³-hybridized carbons (Fsp3) is 0.476. The first-order chi connectivity index (χ1) is 41.1. The van der Waals surface area contributed by atoms with Gasteiger partial charge < -0.3 is 74.5 Å². The van der Waals surface area contributed by atoms with Crippen molar-refractivity contribution in [3.63, 3.8) is 0 Å². The molecule has 0 saturated heterocycles. The van der Waals surface area contributed by atoms with Gasteiger partial charge in [-0.25, -0.2) is 43.2 Å². The van der Waals surface area contributed by atoms with E-state index in [0.717, 1.165) is 18.2 Å². The average Bonchev–Trinajstić information content (AvgIpc) is 1.62. The predicted molar refractivity (Wildman–Crippen MR) is 324 cm³/mol. The number of amides is 6. The van der Waals surface area contributed by atoms with Crippen molar-refractivity contribution in [2.24, 2.45) is 0 Å². The van der Waals surface area contributed by atoms with E-state index in [-0.39, 0.29) is 79.1 Å². The lowest BCUT2D eigenvalue weighted by atomic mass is 9.87. The molecule has 0 unspecified atom stereocenters. The van der Waals surface area contributed by atoms with Gasteiger partial charge in [-0.15, -0.1) is 0 Å². The zero-order valence-electron chi connectivity index (χ0n) is 52.6. The van der Waals surface area contributed by atoms with Gasteiger partial charge in [-0.3, -0.25) is 4.90 Å².